The highest BCUT2D eigenvalue weighted by Crippen LogP contribution is 2.27. The second-order valence-corrected chi connectivity index (χ2v) is 6.11. The summed E-state index contributed by atoms with van der Waals surface area (Å²) in [6.07, 6.45) is 0. The van der Waals surface area contributed by atoms with Gasteiger partial charge in [0, 0.05) is 12.2 Å². The van der Waals surface area contributed by atoms with Crippen LogP contribution in [0.3, 0.4) is 0 Å². The second kappa shape index (κ2) is 7.61. The van der Waals surface area contributed by atoms with Gasteiger partial charge in [0.25, 0.3) is 0 Å². The van der Waals surface area contributed by atoms with Crippen LogP contribution in [0.15, 0.2) is 48.5 Å². The Bertz CT molecular complexity index is 603. The molecule has 118 valence electrons. The van der Waals surface area contributed by atoms with Crippen molar-refractivity contribution in [1.29, 1.82) is 0 Å². The fraction of sp³-hybridized carbons (Fsp3) is 0.333. The van der Waals surface area contributed by atoms with Gasteiger partial charge in [-0.15, -0.1) is 0 Å². The van der Waals surface area contributed by atoms with Gasteiger partial charge in [-0.1, -0.05) is 55.8 Å². The van der Waals surface area contributed by atoms with E-state index in [2.05, 4.69) is 18.7 Å². The zero-order valence-electron chi connectivity index (χ0n) is 12.8. The number of aliphatic hydroxyl groups is 1. The molecule has 2 aromatic rings. The van der Waals surface area contributed by atoms with Crippen LogP contribution in [0.25, 0.3) is 0 Å². The number of nitrogens with zero attached hydrogens (tertiary/aromatic N) is 1. The van der Waals surface area contributed by atoms with Crippen molar-refractivity contribution in [1.82, 2.24) is 0 Å². The van der Waals surface area contributed by atoms with Crippen LogP contribution in [0.1, 0.15) is 19.4 Å². The van der Waals surface area contributed by atoms with E-state index in [1.54, 1.807) is 12.1 Å². The van der Waals surface area contributed by atoms with E-state index < -0.39 is 5.82 Å². The molecular weight excluding hydrogens is 301 g/mol. The van der Waals surface area contributed by atoms with Crippen molar-refractivity contribution in [2.45, 2.75) is 26.4 Å². The standard InChI is InChI=1S/C18H21ClFNO/c1-13(2)18(12-22)21(11-14-6-4-3-5-7-14)15-8-9-17(20)16(19)10-15/h3-10,13,18,22H,11-12H2,1-2H3. The highest BCUT2D eigenvalue weighted by atomic mass is 35.5. The largest absolute Gasteiger partial charge is 0.394 e. The molecule has 0 aliphatic heterocycles. The Balaban J connectivity index is 2.37. The summed E-state index contributed by atoms with van der Waals surface area (Å²) in [5.74, 6) is -0.187. The maximum Gasteiger partial charge on any atom is 0.141 e. The van der Waals surface area contributed by atoms with Crippen LogP contribution in [-0.2, 0) is 6.54 Å². The highest BCUT2D eigenvalue weighted by Gasteiger charge is 2.22. The Kier molecular flexibility index (Phi) is 5.81. The number of benzene rings is 2. The molecule has 0 spiro atoms. The summed E-state index contributed by atoms with van der Waals surface area (Å²) in [4.78, 5) is 2.07. The number of anilines is 1. The predicted molar refractivity (Wildman–Crippen MR) is 89.7 cm³/mol. The van der Waals surface area contributed by atoms with Crippen LogP contribution >= 0.6 is 11.6 Å². The van der Waals surface area contributed by atoms with Crippen LogP contribution in [0, 0.1) is 11.7 Å². The molecule has 1 unspecified atom stereocenters. The normalized spacial score (nSPS) is 12.5. The molecule has 0 radical (unpaired) electrons. The summed E-state index contributed by atoms with van der Waals surface area (Å²) < 4.78 is 13.4. The summed E-state index contributed by atoms with van der Waals surface area (Å²) in [5, 5.41) is 9.87. The topological polar surface area (TPSA) is 23.5 Å². The van der Waals surface area contributed by atoms with Crippen LogP contribution in [0.4, 0.5) is 10.1 Å². The first-order valence-corrected chi connectivity index (χ1v) is 7.77. The van der Waals surface area contributed by atoms with E-state index >= 15 is 0 Å². The lowest BCUT2D eigenvalue weighted by Crippen LogP contribution is -2.41. The lowest BCUT2D eigenvalue weighted by Gasteiger charge is -2.35. The van der Waals surface area contributed by atoms with Crippen molar-refractivity contribution in [3.8, 4) is 0 Å². The van der Waals surface area contributed by atoms with Crippen LogP contribution < -0.4 is 4.90 Å². The van der Waals surface area contributed by atoms with Crippen LogP contribution in [-0.4, -0.2) is 17.8 Å². The van der Waals surface area contributed by atoms with Gasteiger partial charge >= 0.3 is 0 Å². The molecular formula is C18H21ClFNO. The van der Waals surface area contributed by atoms with E-state index in [0.29, 0.717) is 6.54 Å². The van der Waals surface area contributed by atoms with Gasteiger partial charge in [-0.25, -0.2) is 4.39 Å². The zero-order valence-corrected chi connectivity index (χ0v) is 13.6. The minimum atomic E-state index is -0.435. The minimum absolute atomic E-state index is 0.0273. The molecule has 0 heterocycles. The third-order valence-electron chi connectivity index (χ3n) is 3.79. The molecule has 0 aliphatic carbocycles. The van der Waals surface area contributed by atoms with Gasteiger partial charge in [-0.05, 0) is 29.7 Å². The molecule has 2 aromatic carbocycles. The molecule has 1 N–H and O–H groups in total. The van der Waals surface area contributed by atoms with E-state index in [1.807, 2.05) is 30.3 Å². The average Bonchev–Trinajstić information content (AvgIpc) is 2.50. The SMILES string of the molecule is CC(C)C(CO)N(Cc1ccccc1)c1ccc(F)c(Cl)c1. The van der Waals surface area contributed by atoms with Crippen molar-refractivity contribution < 1.29 is 9.50 Å². The van der Waals surface area contributed by atoms with Gasteiger partial charge in [-0.3, -0.25) is 0 Å². The molecule has 2 rings (SSSR count). The first-order valence-electron chi connectivity index (χ1n) is 7.39. The number of hydrogen-bond donors (Lipinski definition) is 1. The Morgan fingerprint density at radius 3 is 2.36 bits per heavy atom. The molecule has 22 heavy (non-hydrogen) atoms. The molecule has 0 aliphatic rings. The first-order chi connectivity index (χ1) is 10.5. The summed E-state index contributed by atoms with van der Waals surface area (Å²) in [7, 11) is 0. The first kappa shape index (κ1) is 16.8. The zero-order chi connectivity index (χ0) is 16.1. The fourth-order valence-electron chi connectivity index (χ4n) is 2.51. The van der Waals surface area contributed by atoms with Gasteiger partial charge in [-0.2, -0.15) is 0 Å². The van der Waals surface area contributed by atoms with E-state index in [9.17, 15) is 9.50 Å². The molecule has 4 heteroatoms. The average molecular weight is 322 g/mol. The van der Waals surface area contributed by atoms with Gasteiger partial charge < -0.3 is 10.0 Å². The van der Waals surface area contributed by atoms with E-state index in [4.69, 9.17) is 11.6 Å². The molecule has 1 atom stereocenters. The van der Waals surface area contributed by atoms with Gasteiger partial charge in [0.1, 0.15) is 5.82 Å². The Hall–Kier alpha value is -1.58. The van der Waals surface area contributed by atoms with Crippen molar-refractivity contribution >= 4 is 17.3 Å². The third kappa shape index (κ3) is 3.99. The highest BCUT2D eigenvalue weighted by molar-refractivity contribution is 6.31. The summed E-state index contributed by atoms with van der Waals surface area (Å²) in [6, 6.07) is 14.6. The molecule has 2 nitrogen and oxygen atoms in total. The molecule has 0 aromatic heterocycles. The van der Waals surface area contributed by atoms with Crippen LogP contribution in [0.5, 0.6) is 0 Å². The number of aliphatic hydroxyl groups excluding tert-OH is 1. The Morgan fingerprint density at radius 1 is 1.14 bits per heavy atom. The van der Waals surface area contributed by atoms with E-state index in [0.717, 1.165) is 11.3 Å². The van der Waals surface area contributed by atoms with Crippen molar-refractivity contribution in [3.05, 3.63) is 64.9 Å². The van der Waals surface area contributed by atoms with Gasteiger partial charge in [0.2, 0.25) is 0 Å². The monoisotopic (exact) mass is 321 g/mol. The molecule has 0 bridgehead atoms. The maximum atomic E-state index is 13.4. The van der Waals surface area contributed by atoms with Gasteiger partial charge in [0.15, 0.2) is 0 Å². The molecule has 0 amide bonds. The lowest BCUT2D eigenvalue weighted by molar-refractivity contribution is 0.229. The van der Waals surface area contributed by atoms with Crippen molar-refractivity contribution in [2.75, 3.05) is 11.5 Å². The molecule has 0 fully saturated rings. The Morgan fingerprint density at radius 2 is 1.82 bits per heavy atom. The van der Waals surface area contributed by atoms with Crippen molar-refractivity contribution in [3.63, 3.8) is 0 Å². The third-order valence-corrected chi connectivity index (χ3v) is 4.08. The number of rotatable bonds is 6. The summed E-state index contributed by atoms with van der Waals surface area (Å²) >= 11 is 5.92. The molecule has 0 saturated heterocycles. The fourth-order valence-corrected chi connectivity index (χ4v) is 2.69. The Labute approximate surface area is 136 Å². The quantitative estimate of drug-likeness (QED) is 0.846. The van der Waals surface area contributed by atoms with E-state index in [-0.39, 0.29) is 23.6 Å². The smallest absolute Gasteiger partial charge is 0.141 e. The van der Waals surface area contributed by atoms with Crippen molar-refractivity contribution in [2.24, 2.45) is 5.92 Å². The van der Waals surface area contributed by atoms with Crippen LogP contribution in [0.2, 0.25) is 5.02 Å². The summed E-state index contributed by atoms with van der Waals surface area (Å²) in [5.41, 5.74) is 1.94. The number of hydrogen-bond acceptors (Lipinski definition) is 2. The van der Waals surface area contributed by atoms with Gasteiger partial charge in [0.05, 0.1) is 17.7 Å². The molecule has 0 saturated carbocycles. The predicted octanol–water partition coefficient (Wildman–Crippen LogP) is 4.50. The summed E-state index contributed by atoms with van der Waals surface area (Å²) in [6.45, 7) is 4.78. The number of halogens is 2. The minimum Gasteiger partial charge on any atom is -0.394 e. The van der Waals surface area contributed by atoms with E-state index in [1.165, 1.54) is 6.07 Å². The second-order valence-electron chi connectivity index (χ2n) is 5.71. The lowest BCUT2D eigenvalue weighted by atomic mass is 10.0. The maximum absolute atomic E-state index is 13.4.